The summed E-state index contributed by atoms with van der Waals surface area (Å²) >= 11 is 0. The van der Waals surface area contributed by atoms with Gasteiger partial charge in [-0.15, -0.1) is 0 Å². The number of hydrogen-bond acceptors (Lipinski definition) is 2. The molecule has 3 aromatic rings. The molecule has 4 rings (SSSR count). The number of benzene rings is 2. The van der Waals surface area contributed by atoms with E-state index in [-0.39, 0.29) is 23.2 Å². The van der Waals surface area contributed by atoms with Crippen molar-refractivity contribution in [2.75, 3.05) is 5.75 Å². The van der Waals surface area contributed by atoms with Crippen LogP contribution in [0.15, 0.2) is 36.4 Å². The van der Waals surface area contributed by atoms with Crippen LogP contribution in [0.5, 0.6) is 0 Å². The van der Waals surface area contributed by atoms with Crippen LogP contribution in [0, 0.1) is 17.5 Å². The van der Waals surface area contributed by atoms with Crippen molar-refractivity contribution in [2.24, 2.45) is 0 Å². The van der Waals surface area contributed by atoms with E-state index in [1.54, 1.807) is 19.1 Å². The molecule has 1 aliphatic rings. The summed E-state index contributed by atoms with van der Waals surface area (Å²) in [6, 6.07) is 7.68. The molecule has 8 heteroatoms. The Morgan fingerprint density at radius 1 is 1.07 bits per heavy atom. The largest absolute Gasteiger partial charge is 0.352 e. The topological polar surface area (TPSA) is 62.0 Å². The van der Waals surface area contributed by atoms with Crippen LogP contribution in [0.4, 0.5) is 13.2 Å². The number of halogens is 3. The Morgan fingerprint density at radius 3 is 2.41 bits per heavy atom. The first kappa shape index (κ1) is 20.0. The molecule has 0 aliphatic heterocycles. The minimum atomic E-state index is -3.33. The zero-order valence-corrected chi connectivity index (χ0v) is 16.6. The number of nitrogens with one attached hydrogen (secondary N) is 2. The third-order valence-electron chi connectivity index (χ3n) is 5.36. The second-order valence-electron chi connectivity index (χ2n) is 7.53. The highest BCUT2D eigenvalue weighted by atomic mass is 32.2. The molecule has 0 atom stereocenters. The third kappa shape index (κ3) is 3.91. The molecule has 29 heavy (non-hydrogen) atoms. The lowest BCUT2D eigenvalue weighted by molar-refractivity contribution is 0.328. The zero-order valence-electron chi connectivity index (χ0n) is 15.8. The lowest BCUT2D eigenvalue weighted by Crippen LogP contribution is -2.44. The van der Waals surface area contributed by atoms with E-state index in [4.69, 9.17) is 0 Å². The van der Waals surface area contributed by atoms with Crippen molar-refractivity contribution in [3.63, 3.8) is 0 Å². The zero-order chi connectivity index (χ0) is 20.8. The van der Waals surface area contributed by atoms with Gasteiger partial charge in [0.1, 0.15) is 17.5 Å². The van der Waals surface area contributed by atoms with Crippen LogP contribution >= 0.6 is 0 Å². The van der Waals surface area contributed by atoms with Crippen molar-refractivity contribution in [3.8, 4) is 11.3 Å². The molecule has 0 spiro atoms. The summed E-state index contributed by atoms with van der Waals surface area (Å²) in [6.07, 6.45) is 1.59. The fourth-order valence-electron chi connectivity index (χ4n) is 4.04. The van der Waals surface area contributed by atoms with E-state index < -0.39 is 27.5 Å². The Morgan fingerprint density at radius 2 is 1.76 bits per heavy atom. The number of rotatable bonds is 6. The molecule has 2 N–H and O–H groups in total. The highest BCUT2D eigenvalue weighted by molar-refractivity contribution is 7.89. The third-order valence-corrected chi connectivity index (χ3v) is 7.00. The smallest absolute Gasteiger partial charge is 0.211 e. The lowest BCUT2D eigenvalue weighted by Gasteiger charge is -2.36. The molecule has 0 unspecified atom stereocenters. The molecule has 1 fully saturated rings. The molecule has 0 saturated heterocycles. The van der Waals surface area contributed by atoms with Crippen LogP contribution in [0.25, 0.3) is 22.2 Å². The highest BCUT2D eigenvalue weighted by Crippen LogP contribution is 2.45. The monoisotopic (exact) mass is 422 g/mol. The van der Waals surface area contributed by atoms with Crippen LogP contribution in [0.3, 0.4) is 0 Å². The van der Waals surface area contributed by atoms with Gasteiger partial charge in [-0.05, 0) is 66.6 Å². The Hall–Kier alpha value is -2.32. The summed E-state index contributed by atoms with van der Waals surface area (Å²) in [6.45, 7) is 1.80. The Balaban J connectivity index is 1.71. The molecule has 2 aromatic carbocycles. The van der Waals surface area contributed by atoms with E-state index >= 15 is 0 Å². The predicted octanol–water partition coefficient (Wildman–Crippen LogP) is 4.83. The van der Waals surface area contributed by atoms with E-state index in [0.29, 0.717) is 35.9 Å². The molecule has 1 saturated carbocycles. The van der Waals surface area contributed by atoms with Gasteiger partial charge in [0.25, 0.3) is 0 Å². The fourth-order valence-corrected chi connectivity index (χ4v) is 5.40. The molecular formula is C21H21F3N2O2S. The van der Waals surface area contributed by atoms with Gasteiger partial charge >= 0.3 is 0 Å². The van der Waals surface area contributed by atoms with E-state index in [9.17, 15) is 21.6 Å². The van der Waals surface area contributed by atoms with E-state index in [1.807, 2.05) is 0 Å². The molecule has 0 amide bonds. The summed E-state index contributed by atoms with van der Waals surface area (Å²) < 4.78 is 68.3. The fraction of sp³-hybridized carbons (Fsp3) is 0.333. The predicted molar refractivity (Wildman–Crippen MR) is 107 cm³/mol. The van der Waals surface area contributed by atoms with Gasteiger partial charge in [0.05, 0.1) is 17.0 Å². The standard InChI is InChI=1S/C21H21F3N2O2S/c1-2-7-29(27,28)26-16-8-13(9-16)19-17-10-15(23)11-18(24)21(17)25-20(19)12-3-5-14(22)6-4-12/h3-6,10-11,13,16,25-26H,2,7-9H2,1H3. The molecular weight excluding hydrogens is 401 g/mol. The molecule has 4 nitrogen and oxygen atoms in total. The molecule has 1 aromatic heterocycles. The maximum Gasteiger partial charge on any atom is 0.211 e. The van der Waals surface area contributed by atoms with Gasteiger partial charge in [0, 0.05) is 17.5 Å². The first-order valence-electron chi connectivity index (χ1n) is 9.54. The molecule has 1 aliphatic carbocycles. The second kappa shape index (κ2) is 7.50. The van der Waals surface area contributed by atoms with Gasteiger partial charge in [-0.2, -0.15) is 0 Å². The number of aromatic amines is 1. The normalized spacial score (nSPS) is 19.4. The van der Waals surface area contributed by atoms with E-state index in [0.717, 1.165) is 11.6 Å². The summed E-state index contributed by atoms with van der Waals surface area (Å²) in [7, 11) is -3.33. The maximum atomic E-state index is 14.4. The van der Waals surface area contributed by atoms with Gasteiger partial charge in [0.2, 0.25) is 10.0 Å². The number of aromatic nitrogens is 1. The Kier molecular flexibility index (Phi) is 5.16. The van der Waals surface area contributed by atoms with E-state index in [1.165, 1.54) is 18.2 Å². The van der Waals surface area contributed by atoms with Crippen molar-refractivity contribution >= 4 is 20.9 Å². The van der Waals surface area contributed by atoms with Crippen molar-refractivity contribution < 1.29 is 21.6 Å². The number of fused-ring (bicyclic) bond motifs is 1. The van der Waals surface area contributed by atoms with Crippen LogP contribution in [-0.4, -0.2) is 25.2 Å². The van der Waals surface area contributed by atoms with Crippen molar-refractivity contribution in [3.05, 3.63) is 59.4 Å². The summed E-state index contributed by atoms with van der Waals surface area (Å²) in [5.74, 6) is -1.77. The average molecular weight is 422 g/mol. The Labute approximate surface area is 167 Å². The molecule has 1 heterocycles. The van der Waals surface area contributed by atoms with Gasteiger partial charge < -0.3 is 4.98 Å². The van der Waals surface area contributed by atoms with Crippen molar-refractivity contribution in [2.45, 2.75) is 38.1 Å². The first-order valence-corrected chi connectivity index (χ1v) is 11.2. The molecule has 154 valence electrons. The van der Waals surface area contributed by atoms with E-state index in [2.05, 4.69) is 9.71 Å². The maximum absolute atomic E-state index is 14.4. The Bertz CT molecular complexity index is 1150. The minimum absolute atomic E-state index is 0.0680. The SMILES string of the molecule is CCCS(=O)(=O)NC1CC(c2c(-c3ccc(F)cc3)[nH]c3c(F)cc(F)cc23)C1. The summed E-state index contributed by atoms with van der Waals surface area (Å²) in [5.41, 5.74) is 2.18. The van der Waals surface area contributed by atoms with Crippen molar-refractivity contribution in [1.82, 2.24) is 9.71 Å². The van der Waals surface area contributed by atoms with Gasteiger partial charge in [0.15, 0.2) is 0 Å². The first-order chi connectivity index (χ1) is 13.8. The number of hydrogen-bond donors (Lipinski definition) is 2. The molecule has 0 bridgehead atoms. The summed E-state index contributed by atoms with van der Waals surface area (Å²) in [4.78, 5) is 3.03. The lowest BCUT2D eigenvalue weighted by atomic mass is 9.74. The molecule has 0 radical (unpaired) electrons. The number of H-pyrrole nitrogens is 1. The highest BCUT2D eigenvalue weighted by Gasteiger charge is 2.36. The van der Waals surface area contributed by atoms with Gasteiger partial charge in [-0.25, -0.2) is 26.3 Å². The minimum Gasteiger partial charge on any atom is -0.352 e. The van der Waals surface area contributed by atoms with Crippen LogP contribution < -0.4 is 4.72 Å². The van der Waals surface area contributed by atoms with Crippen molar-refractivity contribution in [1.29, 1.82) is 0 Å². The quantitative estimate of drug-likeness (QED) is 0.598. The van der Waals surface area contributed by atoms with Gasteiger partial charge in [-0.3, -0.25) is 0 Å². The van der Waals surface area contributed by atoms with Gasteiger partial charge in [-0.1, -0.05) is 6.92 Å². The van der Waals surface area contributed by atoms with Crippen LogP contribution in [0.2, 0.25) is 0 Å². The van der Waals surface area contributed by atoms with Crippen LogP contribution in [0.1, 0.15) is 37.7 Å². The number of sulfonamides is 1. The summed E-state index contributed by atoms with van der Waals surface area (Å²) in [5, 5.41) is 0.432. The average Bonchev–Trinajstić information content (AvgIpc) is 2.97. The second-order valence-corrected chi connectivity index (χ2v) is 9.41. The van der Waals surface area contributed by atoms with Crippen LogP contribution in [-0.2, 0) is 10.0 Å².